The molecule has 1 nitrogen and oxygen atoms in total. The second-order valence-electron chi connectivity index (χ2n) is 1.55. The van der Waals surface area contributed by atoms with Gasteiger partial charge in [-0.15, -0.1) is 0 Å². The SMILES string of the molecule is C[s+]1cc(O)cc1Cl. The molecule has 0 amide bonds. The Balaban J connectivity index is 3.14. The van der Waals surface area contributed by atoms with Crippen molar-refractivity contribution in [3.63, 3.8) is 0 Å². The van der Waals surface area contributed by atoms with E-state index in [4.69, 9.17) is 16.7 Å². The fourth-order valence-electron chi connectivity index (χ4n) is 0.481. The van der Waals surface area contributed by atoms with Crippen molar-refractivity contribution in [2.45, 2.75) is 0 Å². The highest BCUT2D eigenvalue weighted by molar-refractivity contribution is 7.31. The highest BCUT2D eigenvalue weighted by Crippen LogP contribution is 2.32. The van der Waals surface area contributed by atoms with Crippen molar-refractivity contribution >= 4 is 22.1 Å². The van der Waals surface area contributed by atoms with E-state index in [-0.39, 0.29) is 10.5 Å². The Bertz CT molecular complexity index is 175. The van der Waals surface area contributed by atoms with Crippen LogP contribution in [0, 0.1) is 0 Å². The number of aryl methyl sites for hydroxylation is 1. The van der Waals surface area contributed by atoms with Crippen LogP contribution < -0.4 is 0 Å². The van der Waals surface area contributed by atoms with Crippen LogP contribution >= 0.6 is 22.1 Å². The molecule has 0 fully saturated rings. The molecule has 0 radical (unpaired) electrons. The third-order valence-electron chi connectivity index (χ3n) is 0.866. The van der Waals surface area contributed by atoms with Gasteiger partial charge >= 0.3 is 0 Å². The van der Waals surface area contributed by atoms with E-state index in [9.17, 15) is 0 Å². The average molecular weight is 150 g/mol. The minimum absolute atomic E-state index is 0.0332. The van der Waals surface area contributed by atoms with Crippen LogP contribution in [-0.2, 0) is 6.26 Å². The van der Waals surface area contributed by atoms with Crippen LogP contribution in [0.25, 0.3) is 0 Å². The van der Waals surface area contributed by atoms with Crippen molar-refractivity contribution in [3.8, 4) is 5.75 Å². The number of hydrogen-bond donors (Lipinski definition) is 1. The first-order chi connectivity index (χ1) is 3.70. The van der Waals surface area contributed by atoms with Crippen LogP contribution in [0.3, 0.4) is 0 Å². The molecule has 1 aromatic rings. The Hall–Kier alpha value is -0.210. The van der Waals surface area contributed by atoms with Crippen molar-refractivity contribution in [2.75, 3.05) is 0 Å². The third kappa shape index (κ3) is 0.956. The van der Waals surface area contributed by atoms with E-state index in [0.717, 1.165) is 4.34 Å². The molecule has 0 aromatic carbocycles. The lowest BCUT2D eigenvalue weighted by atomic mass is 10.6. The van der Waals surface area contributed by atoms with Gasteiger partial charge in [0, 0.05) is 0 Å². The zero-order valence-corrected chi connectivity index (χ0v) is 5.96. The van der Waals surface area contributed by atoms with Gasteiger partial charge in [-0.1, -0.05) is 0 Å². The van der Waals surface area contributed by atoms with Crippen LogP contribution in [0.5, 0.6) is 5.75 Å². The summed E-state index contributed by atoms with van der Waals surface area (Å²) >= 11 is 5.62. The van der Waals surface area contributed by atoms with E-state index in [2.05, 4.69) is 0 Å². The van der Waals surface area contributed by atoms with E-state index < -0.39 is 0 Å². The minimum Gasteiger partial charge on any atom is -0.503 e. The van der Waals surface area contributed by atoms with Crippen molar-refractivity contribution in [1.82, 2.24) is 0 Å². The largest absolute Gasteiger partial charge is 0.503 e. The molecule has 0 spiro atoms. The summed E-state index contributed by atoms with van der Waals surface area (Å²) in [6.07, 6.45) is 1.96. The zero-order valence-electron chi connectivity index (χ0n) is 4.39. The highest BCUT2D eigenvalue weighted by Gasteiger charge is 2.07. The van der Waals surface area contributed by atoms with E-state index >= 15 is 0 Å². The van der Waals surface area contributed by atoms with E-state index in [1.54, 1.807) is 11.4 Å². The van der Waals surface area contributed by atoms with Crippen molar-refractivity contribution in [2.24, 2.45) is 6.26 Å². The lowest BCUT2D eigenvalue weighted by molar-refractivity contribution is 0.478. The van der Waals surface area contributed by atoms with Crippen LogP contribution in [0.2, 0.25) is 4.34 Å². The molecule has 1 N–H and O–H groups in total. The molecule has 0 saturated heterocycles. The predicted octanol–water partition coefficient (Wildman–Crippen LogP) is 2.33. The molecule has 0 bridgehead atoms. The number of aromatic hydroxyl groups is 1. The van der Waals surface area contributed by atoms with Gasteiger partial charge < -0.3 is 5.11 Å². The number of halogens is 1. The summed E-state index contributed by atoms with van der Waals surface area (Å²) in [5, 5.41) is 10.5. The Kier molecular flexibility index (Phi) is 1.45. The van der Waals surface area contributed by atoms with Crippen molar-refractivity contribution < 1.29 is 5.11 Å². The normalized spacial score (nSPS) is 12.0. The van der Waals surface area contributed by atoms with E-state index in [0.29, 0.717) is 5.75 Å². The number of rotatable bonds is 0. The second-order valence-corrected chi connectivity index (χ2v) is 3.97. The Morgan fingerprint density at radius 2 is 2.38 bits per heavy atom. The first-order valence-electron chi connectivity index (χ1n) is 2.13. The molecule has 0 saturated carbocycles. The van der Waals surface area contributed by atoms with Crippen molar-refractivity contribution in [1.29, 1.82) is 0 Å². The average Bonchev–Trinajstić information content (AvgIpc) is 1.85. The highest BCUT2D eigenvalue weighted by atomic mass is 35.5. The summed E-state index contributed by atoms with van der Waals surface area (Å²) in [6, 6.07) is 1.57. The molecule has 0 aliphatic rings. The van der Waals surface area contributed by atoms with Crippen LogP contribution in [0.1, 0.15) is 0 Å². The molecule has 1 atom stereocenters. The maximum Gasteiger partial charge on any atom is 0.244 e. The lowest BCUT2D eigenvalue weighted by Crippen LogP contribution is -1.43. The Labute approximate surface area is 55.5 Å². The van der Waals surface area contributed by atoms with Crippen LogP contribution in [0.4, 0.5) is 0 Å². The van der Waals surface area contributed by atoms with Gasteiger partial charge in [-0.05, 0) is 22.1 Å². The minimum atomic E-state index is -0.0332. The molecular weight excluding hydrogens is 144 g/mol. The fourth-order valence-corrected chi connectivity index (χ4v) is 1.58. The number of hydrogen-bond acceptors (Lipinski definition) is 1. The molecule has 3 heteroatoms. The first kappa shape index (κ1) is 5.92. The fraction of sp³-hybridized carbons (Fsp3) is 0.200. The molecule has 1 heterocycles. The molecule has 0 aliphatic carbocycles. The van der Waals surface area contributed by atoms with E-state index in [1.807, 2.05) is 6.26 Å². The summed E-state index contributed by atoms with van der Waals surface area (Å²) in [5.74, 6) is 0.292. The summed E-state index contributed by atoms with van der Waals surface area (Å²) in [7, 11) is -0.0332. The van der Waals surface area contributed by atoms with Gasteiger partial charge in [-0.25, -0.2) is 0 Å². The summed E-state index contributed by atoms with van der Waals surface area (Å²) in [4.78, 5) is 0. The quantitative estimate of drug-likeness (QED) is 0.562. The van der Waals surface area contributed by atoms with Gasteiger partial charge in [-0.2, -0.15) is 0 Å². The molecule has 44 valence electrons. The maximum atomic E-state index is 8.78. The summed E-state index contributed by atoms with van der Waals surface area (Å²) in [6.45, 7) is 0. The lowest BCUT2D eigenvalue weighted by Gasteiger charge is -1.66. The van der Waals surface area contributed by atoms with Gasteiger partial charge in [0.15, 0.2) is 11.1 Å². The molecular formula is C5H6ClOS+. The standard InChI is InChI=1S/C5H5ClOS/c1-8-3-4(7)2-5(8)6/h2-3H,1H3/p+1. The molecule has 1 aromatic heterocycles. The number of thiophene rings is 1. The first-order valence-corrected chi connectivity index (χ1v) is 4.20. The molecule has 1 rings (SSSR count). The molecule has 0 aliphatic heterocycles. The van der Waals surface area contributed by atoms with Gasteiger partial charge in [0.25, 0.3) is 0 Å². The predicted molar refractivity (Wildman–Crippen MR) is 36.6 cm³/mol. The van der Waals surface area contributed by atoms with Gasteiger partial charge in [0.05, 0.1) is 6.07 Å². The van der Waals surface area contributed by atoms with E-state index in [1.165, 1.54) is 0 Å². The summed E-state index contributed by atoms with van der Waals surface area (Å²) < 4.78 is 0.738. The molecule has 8 heavy (non-hydrogen) atoms. The Morgan fingerprint density at radius 3 is 2.50 bits per heavy atom. The van der Waals surface area contributed by atoms with Crippen LogP contribution in [-0.4, -0.2) is 5.11 Å². The monoisotopic (exact) mass is 149 g/mol. The summed E-state index contributed by atoms with van der Waals surface area (Å²) in [5.41, 5.74) is 0. The Morgan fingerprint density at radius 1 is 1.75 bits per heavy atom. The maximum absolute atomic E-state index is 8.78. The van der Waals surface area contributed by atoms with Gasteiger partial charge in [0.1, 0.15) is 6.26 Å². The van der Waals surface area contributed by atoms with Gasteiger partial charge in [0.2, 0.25) is 4.34 Å². The van der Waals surface area contributed by atoms with Crippen LogP contribution in [0.15, 0.2) is 11.4 Å². The third-order valence-corrected chi connectivity index (χ3v) is 3.03. The topological polar surface area (TPSA) is 20.2 Å². The smallest absolute Gasteiger partial charge is 0.244 e. The van der Waals surface area contributed by atoms with Crippen molar-refractivity contribution in [3.05, 3.63) is 15.8 Å². The van der Waals surface area contributed by atoms with Gasteiger partial charge in [-0.3, -0.25) is 0 Å². The zero-order chi connectivity index (χ0) is 6.15. The second kappa shape index (κ2) is 1.96. The molecule has 1 unspecified atom stereocenters.